The van der Waals surface area contributed by atoms with E-state index in [1.165, 1.54) is 11.8 Å². The van der Waals surface area contributed by atoms with E-state index in [2.05, 4.69) is 15.0 Å². The second-order valence-electron chi connectivity index (χ2n) is 8.02. The van der Waals surface area contributed by atoms with Crippen molar-refractivity contribution in [3.05, 3.63) is 46.9 Å². The highest BCUT2D eigenvalue weighted by Gasteiger charge is 2.36. The molecule has 150 valence electrons. The molecule has 1 aliphatic rings. The molecule has 0 aromatic carbocycles. The van der Waals surface area contributed by atoms with Gasteiger partial charge in [0, 0.05) is 30.7 Å². The standard InChI is InChI=1S/C20H25FN4O2S/c1-12-24-16(17(27-12)19(2,3)4)14(26)9-13-5-7-23-15(10-13)20(11-21)6-8-28-18(22)25-20/h5,7,10H,6,8-9,11H2,1-4H3,(H2,22,25)/t20-/m1/s1. The first kappa shape index (κ1) is 20.5. The zero-order valence-corrected chi connectivity index (χ0v) is 17.4. The monoisotopic (exact) mass is 404 g/mol. The summed E-state index contributed by atoms with van der Waals surface area (Å²) in [7, 11) is 0. The van der Waals surface area contributed by atoms with Crippen LogP contribution >= 0.6 is 11.8 Å². The van der Waals surface area contributed by atoms with E-state index < -0.39 is 12.2 Å². The summed E-state index contributed by atoms with van der Waals surface area (Å²) in [6, 6.07) is 3.50. The van der Waals surface area contributed by atoms with E-state index in [4.69, 9.17) is 10.2 Å². The fourth-order valence-corrected chi connectivity index (χ4v) is 4.09. The lowest BCUT2D eigenvalue weighted by Gasteiger charge is -2.30. The predicted octanol–water partition coefficient (Wildman–Crippen LogP) is 3.72. The average molecular weight is 405 g/mol. The van der Waals surface area contributed by atoms with Gasteiger partial charge in [-0.25, -0.2) is 14.4 Å². The van der Waals surface area contributed by atoms with Crippen molar-refractivity contribution in [3.63, 3.8) is 0 Å². The third-order valence-corrected chi connectivity index (χ3v) is 5.45. The third kappa shape index (κ3) is 4.11. The highest BCUT2D eigenvalue weighted by molar-refractivity contribution is 8.13. The Labute approximate surface area is 168 Å². The molecule has 0 saturated heterocycles. The van der Waals surface area contributed by atoms with Gasteiger partial charge in [-0.05, 0) is 24.1 Å². The molecule has 3 heterocycles. The minimum atomic E-state index is -1.07. The average Bonchev–Trinajstić information content (AvgIpc) is 3.04. The van der Waals surface area contributed by atoms with Gasteiger partial charge in [0.2, 0.25) is 0 Å². The molecule has 0 amide bonds. The number of oxazole rings is 1. The van der Waals surface area contributed by atoms with Crippen LogP contribution in [0.4, 0.5) is 4.39 Å². The Bertz CT molecular complexity index is 919. The summed E-state index contributed by atoms with van der Waals surface area (Å²) in [5, 5.41) is 0.361. The topological polar surface area (TPSA) is 94.4 Å². The molecule has 2 aromatic heterocycles. The number of alkyl halides is 1. The number of nitrogens with two attached hydrogens (primary N) is 1. The van der Waals surface area contributed by atoms with Crippen molar-refractivity contribution in [2.45, 2.75) is 51.5 Å². The summed E-state index contributed by atoms with van der Waals surface area (Å²) >= 11 is 1.41. The normalized spacial score (nSPS) is 20.1. The van der Waals surface area contributed by atoms with Crippen LogP contribution in [0.1, 0.15) is 60.6 Å². The molecular weight excluding hydrogens is 379 g/mol. The van der Waals surface area contributed by atoms with Crippen LogP contribution in [-0.2, 0) is 17.4 Å². The lowest BCUT2D eigenvalue weighted by molar-refractivity contribution is 0.0985. The van der Waals surface area contributed by atoms with Gasteiger partial charge in [0.25, 0.3) is 0 Å². The van der Waals surface area contributed by atoms with Crippen molar-refractivity contribution < 1.29 is 13.6 Å². The Morgan fingerprint density at radius 2 is 2.18 bits per heavy atom. The second kappa shape index (κ2) is 7.66. The first-order valence-corrected chi connectivity index (χ1v) is 10.1. The number of hydrogen-bond donors (Lipinski definition) is 1. The van der Waals surface area contributed by atoms with Crippen molar-refractivity contribution in [1.82, 2.24) is 9.97 Å². The van der Waals surface area contributed by atoms with Crippen molar-refractivity contribution in [3.8, 4) is 0 Å². The van der Waals surface area contributed by atoms with Crippen LogP contribution in [0.5, 0.6) is 0 Å². The molecule has 0 spiro atoms. The molecule has 28 heavy (non-hydrogen) atoms. The lowest BCUT2D eigenvalue weighted by atomic mass is 9.89. The molecule has 6 nitrogen and oxygen atoms in total. The number of aromatic nitrogens is 2. The fraction of sp³-hybridized carbons (Fsp3) is 0.500. The molecule has 0 radical (unpaired) electrons. The first-order valence-electron chi connectivity index (χ1n) is 9.15. The van der Waals surface area contributed by atoms with Crippen molar-refractivity contribution in [2.24, 2.45) is 10.7 Å². The van der Waals surface area contributed by atoms with E-state index >= 15 is 0 Å². The van der Waals surface area contributed by atoms with E-state index in [0.29, 0.717) is 40.4 Å². The quantitative estimate of drug-likeness (QED) is 0.763. The van der Waals surface area contributed by atoms with E-state index in [9.17, 15) is 9.18 Å². The van der Waals surface area contributed by atoms with Gasteiger partial charge in [0.15, 0.2) is 16.8 Å². The Morgan fingerprint density at radius 3 is 2.82 bits per heavy atom. The van der Waals surface area contributed by atoms with E-state index in [0.717, 1.165) is 5.56 Å². The van der Waals surface area contributed by atoms with E-state index in [1.54, 1.807) is 25.3 Å². The molecule has 0 unspecified atom stereocenters. The Morgan fingerprint density at radius 1 is 1.43 bits per heavy atom. The van der Waals surface area contributed by atoms with Gasteiger partial charge in [-0.3, -0.25) is 9.78 Å². The number of halogens is 1. The molecule has 3 rings (SSSR count). The molecule has 1 aliphatic heterocycles. The molecule has 0 saturated carbocycles. The highest BCUT2D eigenvalue weighted by atomic mass is 32.2. The number of aryl methyl sites for hydroxylation is 1. The first-order chi connectivity index (χ1) is 13.1. The molecule has 8 heteroatoms. The number of aliphatic imine (C=N–C) groups is 1. The number of nitrogens with zero attached hydrogens (tertiary/aromatic N) is 3. The summed E-state index contributed by atoms with van der Waals surface area (Å²) < 4.78 is 19.6. The van der Waals surface area contributed by atoms with Gasteiger partial charge in [0.05, 0.1) is 5.69 Å². The van der Waals surface area contributed by atoms with Gasteiger partial charge >= 0.3 is 0 Å². The van der Waals surface area contributed by atoms with Crippen LogP contribution < -0.4 is 5.73 Å². The number of carbonyl (C=O) groups is 1. The van der Waals surface area contributed by atoms with E-state index in [-0.39, 0.29) is 17.6 Å². The maximum absolute atomic E-state index is 13.9. The van der Waals surface area contributed by atoms with Crippen LogP contribution in [0, 0.1) is 6.92 Å². The fourth-order valence-electron chi connectivity index (χ4n) is 3.21. The predicted molar refractivity (Wildman–Crippen MR) is 109 cm³/mol. The molecule has 1 atom stereocenters. The van der Waals surface area contributed by atoms with Crippen molar-refractivity contribution in [2.75, 3.05) is 12.4 Å². The Hall–Kier alpha value is -2.22. The smallest absolute Gasteiger partial charge is 0.191 e. The van der Waals surface area contributed by atoms with Crippen LogP contribution in [0.2, 0.25) is 0 Å². The summed E-state index contributed by atoms with van der Waals surface area (Å²) in [5.74, 6) is 1.57. The number of ketones is 1. The van der Waals surface area contributed by atoms with Gasteiger partial charge < -0.3 is 10.2 Å². The summed E-state index contributed by atoms with van der Waals surface area (Å²) in [6.07, 6.45) is 2.22. The summed E-state index contributed by atoms with van der Waals surface area (Å²) in [6.45, 7) is 6.97. The largest absolute Gasteiger partial charge is 0.445 e. The molecule has 2 aromatic rings. The van der Waals surface area contributed by atoms with E-state index in [1.807, 2.05) is 20.8 Å². The number of amidine groups is 1. The molecular formula is C20H25FN4O2S. The molecule has 2 N–H and O–H groups in total. The lowest BCUT2D eigenvalue weighted by Crippen LogP contribution is -2.34. The SMILES string of the molecule is Cc1nc(C(=O)Cc2ccnc([C@]3(CF)CCSC(N)=N3)c2)c(C(C)(C)C)o1. The zero-order valence-electron chi connectivity index (χ0n) is 16.6. The Balaban J connectivity index is 1.90. The van der Waals surface area contributed by atoms with Gasteiger partial charge in [0.1, 0.15) is 23.7 Å². The van der Waals surface area contributed by atoms with Gasteiger partial charge in [-0.15, -0.1) is 0 Å². The number of hydrogen-bond acceptors (Lipinski definition) is 7. The van der Waals surface area contributed by atoms with Crippen LogP contribution in [0.3, 0.4) is 0 Å². The highest BCUT2D eigenvalue weighted by Crippen LogP contribution is 2.35. The minimum absolute atomic E-state index is 0.126. The molecule has 0 fully saturated rings. The van der Waals surface area contributed by atoms with Gasteiger partial charge in [-0.2, -0.15) is 0 Å². The van der Waals surface area contributed by atoms with Gasteiger partial charge in [-0.1, -0.05) is 32.5 Å². The maximum Gasteiger partial charge on any atom is 0.191 e. The van der Waals surface area contributed by atoms with Crippen molar-refractivity contribution >= 4 is 22.7 Å². The molecule has 0 aliphatic carbocycles. The number of pyridine rings is 1. The summed E-state index contributed by atoms with van der Waals surface area (Å²) in [4.78, 5) is 25.9. The van der Waals surface area contributed by atoms with Crippen LogP contribution in [-0.4, -0.2) is 33.3 Å². The third-order valence-electron chi connectivity index (χ3n) is 4.66. The Kier molecular flexibility index (Phi) is 5.61. The number of carbonyl (C=O) groups excluding carboxylic acids is 1. The van der Waals surface area contributed by atoms with Crippen LogP contribution in [0.15, 0.2) is 27.7 Å². The van der Waals surface area contributed by atoms with Crippen molar-refractivity contribution in [1.29, 1.82) is 0 Å². The summed E-state index contributed by atoms with van der Waals surface area (Å²) in [5.41, 5.74) is 5.99. The van der Waals surface area contributed by atoms with Crippen LogP contribution in [0.25, 0.3) is 0 Å². The number of thioether (sulfide) groups is 1. The number of rotatable bonds is 5. The number of Topliss-reactive ketones (excluding diaryl/α,β-unsaturated/α-hetero) is 1. The maximum atomic E-state index is 13.9. The second-order valence-corrected chi connectivity index (χ2v) is 9.14. The zero-order chi connectivity index (χ0) is 20.5. The molecule has 0 bridgehead atoms. The minimum Gasteiger partial charge on any atom is -0.445 e.